The molecule has 77 heavy (non-hydrogen) atoms. The van der Waals surface area contributed by atoms with Crippen molar-refractivity contribution in [3.8, 4) is 0 Å². The van der Waals surface area contributed by atoms with Gasteiger partial charge in [-0.15, -0.1) is 0 Å². The Morgan fingerprint density at radius 1 is 0.403 bits per heavy atom. The third-order valence-electron chi connectivity index (χ3n) is 12.4. The second-order valence-corrected chi connectivity index (χ2v) is 20.9. The van der Waals surface area contributed by atoms with Crippen molar-refractivity contribution in [3.05, 3.63) is 134 Å². The van der Waals surface area contributed by atoms with Crippen LogP contribution in [0, 0.1) is 0 Å². The Morgan fingerprint density at radius 2 is 0.740 bits per heavy atom. The summed E-state index contributed by atoms with van der Waals surface area (Å²) in [6, 6.07) is 0. The standard InChI is InChI=1S/C68H111NO8/c1-6-8-10-12-14-16-18-20-22-24-25-26-27-28-29-30-31-32-33-34-35-36-37-38-39-40-41-43-45-47-49-51-53-55-57-59-66(71)77-64(63-76-68(67(72)73)74-61-60-69(3,4)5)62-75-65(70)58-56-54-52-50-48-46-44-42-23-21-19-17-15-13-11-9-7-2/h8,10,14,16,20-23,25-26,28-29,31-32,34-35,37-38,40-41,45,47,64,68H,6-7,9,11-13,15,17-19,24,27,30,33,36,39,42-44,46,48-63H2,1-5H3/p+1/b10-8-,16-14-,22-20-,23-21-,26-25-,29-28-,32-31-,35-34-,38-37-,41-40-,47-45-. The molecule has 2 unspecified atom stereocenters. The molecule has 0 aromatic heterocycles. The van der Waals surface area contributed by atoms with Gasteiger partial charge in [0.1, 0.15) is 13.2 Å². The first-order valence-corrected chi connectivity index (χ1v) is 30.3. The van der Waals surface area contributed by atoms with Gasteiger partial charge < -0.3 is 28.5 Å². The highest BCUT2D eigenvalue weighted by Crippen LogP contribution is 2.14. The molecule has 436 valence electrons. The van der Waals surface area contributed by atoms with E-state index in [4.69, 9.17) is 18.9 Å². The summed E-state index contributed by atoms with van der Waals surface area (Å²) in [5, 5.41) is 9.70. The quantitative estimate of drug-likeness (QED) is 0.0211. The summed E-state index contributed by atoms with van der Waals surface area (Å²) >= 11 is 0. The second-order valence-electron chi connectivity index (χ2n) is 20.9. The number of quaternary nitrogens is 1. The topological polar surface area (TPSA) is 108 Å². The molecule has 0 radical (unpaired) electrons. The van der Waals surface area contributed by atoms with Gasteiger partial charge in [0, 0.05) is 12.8 Å². The first kappa shape index (κ1) is 72.4. The Balaban J connectivity index is 4.31. The molecule has 0 aliphatic carbocycles. The predicted molar refractivity (Wildman–Crippen MR) is 327 cm³/mol. The fourth-order valence-corrected chi connectivity index (χ4v) is 7.74. The number of carboxylic acid groups (broad SMARTS) is 1. The molecular formula is C68H112NO8+. The number of carbonyl (C=O) groups excluding carboxylic acids is 2. The molecular weight excluding hydrogens is 959 g/mol. The van der Waals surface area contributed by atoms with Crippen LogP contribution in [0.15, 0.2) is 134 Å². The number of nitrogens with zero attached hydrogens (tertiary/aromatic N) is 1. The lowest BCUT2D eigenvalue weighted by atomic mass is 10.1. The van der Waals surface area contributed by atoms with Crippen molar-refractivity contribution < 1.29 is 42.9 Å². The summed E-state index contributed by atoms with van der Waals surface area (Å²) in [5.74, 6) is -2.06. The normalized spacial score (nSPS) is 13.7. The number of carbonyl (C=O) groups is 3. The summed E-state index contributed by atoms with van der Waals surface area (Å²) < 4.78 is 22.8. The molecule has 0 saturated heterocycles. The molecule has 0 aromatic rings. The number of ether oxygens (including phenoxy) is 4. The van der Waals surface area contributed by atoms with E-state index in [1.54, 1.807) is 0 Å². The summed E-state index contributed by atoms with van der Waals surface area (Å²) in [6.07, 6.45) is 79.6. The highest BCUT2D eigenvalue weighted by atomic mass is 16.7. The Kier molecular flexibility index (Phi) is 54.2. The van der Waals surface area contributed by atoms with Crippen molar-refractivity contribution in [1.29, 1.82) is 0 Å². The average Bonchev–Trinajstić information content (AvgIpc) is 3.40. The molecule has 0 aliphatic rings. The van der Waals surface area contributed by atoms with Crippen LogP contribution in [0.4, 0.5) is 0 Å². The second kappa shape index (κ2) is 57.6. The third-order valence-corrected chi connectivity index (χ3v) is 12.4. The lowest BCUT2D eigenvalue weighted by molar-refractivity contribution is -0.870. The van der Waals surface area contributed by atoms with Gasteiger partial charge in [-0.05, 0) is 116 Å². The summed E-state index contributed by atoms with van der Waals surface area (Å²) in [4.78, 5) is 37.4. The molecule has 0 saturated carbocycles. The van der Waals surface area contributed by atoms with Crippen LogP contribution in [0.25, 0.3) is 0 Å². The van der Waals surface area contributed by atoms with Gasteiger partial charge in [0.15, 0.2) is 6.10 Å². The van der Waals surface area contributed by atoms with Crippen LogP contribution >= 0.6 is 0 Å². The number of allylic oxidation sites excluding steroid dienone is 22. The van der Waals surface area contributed by atoms with Gasteiger partial charge in [-0.1, -0.05) is 225 Å². The van der Waals surface area contributed by atoms with Gasteiger partial charge in [0.05, 0.1) is 34.4 Å². The smallest absolute Gasteiger partial charge is 0.361 e. The van der Waals surface area contributed by atoms with E-state index >= 15 is 0 Å². The number of aliphatic carboxylic acids is 1. The lowest BCUT2D eigenvalue weighted by Gasteiger charge is -2.25. The van der Waals surface area contributed by atoms with Gasteiger partial charge in [0.25, 0.3) is 6.29 Å². The van der Waals surface area contributed by atoms with E-state index < -0.39 is 24.3 Å². The average molecular weight is 1070 g/mol. The first-order valence-electron chi connectivity index (χ1n) is 30.3. The first-order chi connectivity index (χ1) is 37.6. The fourth-order valence-electron chi connectivity index (χ4n) is 7.74. The Labute approximate surface area is 471 Å². The molecule has 0 aromatic carbocycles. The zero-order chi connectivity index (χ0) is 56.2. The van der Waals surface area contributed by atoms with Gasteiger partial charge in [-0.25, -0.2) is 4.79 Å². The van der Waals surface area contributed by atoms with Gasteiger partial charge in [-0.2, -0.15) is 0 Å². The van der Waals surface area contributed by atoms with E-state index in [9.17, 15) is 19.5 Å². The molecule has 0 amide bonds. The summed E-state index contributed by atoms with van der Waals surface area (Å²) in [7, 11) is 5.95. The third kappa shape index (κ3) is 58.9. The van der Waals surface area contributed by atoms with Gasteiger partial charge in [0.2, 0.25) is 0 Å². The Bertz CT molecular complexity index is 1720. The fraction of sp³-hybridized carbons (Fsp3) is 0.632. The number of carboxylic acids is 1. The minimum Gasteiger partial charge on any atom is -0.477 e. The maximum absolute atomic E-state index is 12.9. The van der Waals surface area contributed by atoms with E-state index in [0.29, 0.717) is 17.4 Å². The molecule has 0 aliphatic heterocycles. The van der Waals surface area contributed by atoms with Crippen molar-refractivity contribution in [2.75, 3.05) is 47.5 Å². The maximum atomic E-state index is 12.9. The monoisotopic (exact) mass is 1070 g/mol. The molecule has 9 nitrogen and oxygen atoms in total. The van der Waals surface area contributed by atoms with E-state index in [-0.39, 0.29) is 38.6 Å². The molecule has 0 spiro atoms. The number of rotatable bonds is 54. The number of unbranched alkanes of at least 4 members (excludes halogenated alkanes) is 17. The van der Waals surface area contributed by atoms with Crippen LogP contribution in [0.2, 0.25) is 0 Å². The highest BCUT2D eigenvalue weighted by Gasteiger charge is 2.25. The van der Waals surface area contributed by atoms with Crippen LogP contribution in [0.3, 0.4) is 0 Å². The van der Waals surface area contributed by atoms with E-state index in [1.807, 2.05) is 21.1 Å². The van der Waals surface area contributed by atoms with Crippen molar-refractivity contribution in [2.24, 2.45) is 0 Å². The molecule has 2 atom stereocenters. The molecule has 0 fully saturated rings. The zero-order valence-corrected chi connectivity index (χ0v) is 49.6. The number of esters is 2. The van der Waals surface area contributed by atoms with Crippen LogP contribution < -0.4 is 0 Å². The maximum Gasteiger partial charge on any atom is 0.361 e. The van der Waals surface area contributed by atoms with Crippen molar-refractivity contribution >= 4 is 17.9 Å². The minimum atomic E-state index is -1.53. The van der Waals surface area contributed by atoms with Crippen LogP contribution in [-0.2, 0) is 33.3 Å². The lowest BCUT2D eigenvalue weighted by Crippen LogP contribution is -2.40. The number of hydrogen-bond donors (Lipinski definition) is 1. The van der Waals surface area contributed by atoms with Gasteiger partial charge in [-0.3, -0.25) is 9.59 Å². The molecule has 9 heteroatoms. The van der Waals surface area contributed by atoms with Crippen molar-refractivity contribution in [3.63, 3.8) is 0 Å². The SMILES string of the molecule is CC/C=C\C/C=C\C/C=C\C/C=C\C/C=C\C/C=C\C/C=C\C/C=C\C/C=C\C/C=C\CCCCCCC(=O)OC(COC(=O)CCCCCCCCC/C=C\CCCCCCCC)COC(OCC[N+](C)(C)C)C(=O)O. The van der Waals surface area contributed by atoms with Crippen LogP contribution in [0.1, 0.15) is 219 Å². The van der Waals surface area contributed by atoms with Crippen LogP contribution in [-0.4, -0.2) is 87.4 Å². The van der Waals surface area contributed by atoms with Crippen molar-refractivity contribution in [1.82, 2.24) is 0 Å². The van der Waals surface area contributed by atoms with E-state index in [0.717, 1.165) is 122 Å². The Morgan fingerprint density at radius 3 is 1.12 bits per heavy atom. The predicted octanol–water partition coefficient (Wildman–Crippen LogP) is 18.2. The highest BCUT2D eigenvalue weighted by molar-refractivity contribution is 5.71. The molecule has 0 bridgehead atoms. The van der Waals surface area contributed by atoms with Crippen LogP contribution in [0.5, 0.6) is 0 Å². The molecule has 0 rings (SSSR count). The number of hydrogen-bond acceptors (Lipinski definition) is 7. The largest absolute Gasteiger partial charge is 0.477 e. The van der Waals surface area contributed by atoms with E-state index in [2.05, 4.69) is 148 Å². The molecule has 1 N–H and O–H groups in total. The van der Waals surface area contributed by atoms with Crippen molar-refractivity contribution in [2.45, 2.75) is 232 Å². The zero-order valence-electron chi connectivity index (χ0n) is 49.6. The van der Waals surface area contributed by atoms with E-state index in [1.165, 1.54) is 64.2 Å². The number of likely N-dealkylation sites (N-methyl/N-ethyl adjacent to an activating group) is 1. The summed E-state index contributed by atoms with van der Waals surface area (Å²) in [5.41, 5.74) is 0. The molecule has 0 heterocycles. The minimum absolute atomic E-state index is 0.175. The van der Waals surface area contributed by atoms with Gasteiger partial charge >= 0.3 is 17.9 Å². The summed E-state index contributed by atoms with van der Waals surface area (Å²) in [6.45, 7) is 4.71. The Hall–Kier alpha value is -4.57.